The molecule has 0 spiro atoms. The van der Waals surface area contributed by atoms with Gasteiger partial charge in [-0.15, -0.1) is 0 Å². The van der Waals surface area contributed by atoms with Gasteiger partial charge in [-0.2, -0.15) is 13.2 Å². The highest BCUT2D eigenvalue weighted by molar-refractivity contribution is 7.90. The molecule has 1 aliphatic rings. The first kappa shape index (κ1) is 29.7. The number of ether oxygens (including phenoxy) is 2. The highest BCUT2D eigenvalue weighted by Crippen LogP contribution is 2.29. The molecule has 4 rings (SSSR count). The lowest BCUT2D eigenvalue weighted by Crippen LogP contribution is -2.48. The van der Waals surface area contributed by atoms with Crippen molar-refractivity contribution >= 4 is 21.2 Å². The van der Waals surface area contributed by atoms with Crippen LogP contribution in [0.25, 0.3) is 5.65 Å². The van der Waals surface area contributed by atoms with Gasteiger partial charge in [0.25, 0.3) is 0 Å². The number of nitrogens with one attached hydrogen (secondary N) is 2. The highest BCUT2D eigenvalue weighted by atomic mass is 32.2. The van der Waals surface area contributed by atoms with E-state index in [2.05, 4.69) is 27.5 Å². The van der Waals surface area contributed by atoms with Crippen LogP contribution in [0, 0.1) is 11.8 Å². The summed E-state index contributed by atoms with van der Waals surface area (Å²) in [6.07, 6.45) is -2.99. The van der Waals surface area contributed by atoms with Crippen LogP contribution in [0.15, 0.2) is 41.4 Å². The van der Waals surface area contributed by atoms with E-state index in [0.29, 0.717) is 30.3 Å². The van der Waals surface area contributed by atoms with Crippen molar-refractivity contribution in [1.82, 2.24) is 19.6 Å². The molecule has 13 heteroatoms. The summed E-state index contributed by atoms with van der Waals surface area (Å²) >= 11 is 0. The molecule has 0 radical (unpaired) electrons. The van der Waals surface area contributed by atoms with E-state index in [9.17, 15) is 21.6 Å². The molecular formula is C27H32F3N5O4S. The lowest BCUT2D eigenvalue weighted by Gasteiger charge is -2.33. The third-order valence-corrected chi connectivity index (χ3v) is 7.43. The zero-order chi connectivity index (χ0) is 29.1. The fourth-order valence-corrected chi connectivity index (χ4v) is 5.26. The van der Waals surface area contributed by atoms with Crippen LogP contribution < -0.4 is 15.4 Å². The van der Waals surface area contributed by atoms with Crippen molar-refractivity contribution in [2.75, 3.05) is 59.1 Å². The minimum atomic E-state index is -4.46. The molecule has 9 nitrogen and oxygen atoms in total. The number of anilines is 1. The number of aromatic nitrogens is 2. The Bertz CT molecular complexity index is 1530. The SMILES string of the molecule is COc1cc(S(C)(=O)=O)ccc1NCC#Cc1nc2c([C@H]3COC[C@@H](CN(C)C)N3)cccn2c1CC(F)(F)F. The smallest absolute Gasteiger partial charge is 0.394 e. The molecule has 1 aliphatic heterocycles. The number of alkyl halides is 3. The number of sulfone groups is 1. The van der Waals surface area contributed by atoms with Crippen molar-refractivity contribution in [2.24, 2.45) is 0 Å². The van der Waals surface area contributed by atoms with E-state index in [-0.39, 0.29) is 34.9 Å². The second-order valence-electron chi connectivity index (χ2n) is 9.86. The van der Waals surface area contributed by atoms with Crippen molar-refractivity contribution in [3.05, 3.63) is 53.5 Å². The van der Waals surface area contributed by atoms with Gasteiger partial charge in [0.15, 0.2) is 9.84 Å². The average molecular weight is 580 g/mol. The highest BCUT2D eigenvalue weighted by Gasteiger charge is 2.32. The Labute approximate surface area is 231 Å². The predicted octanol–water partition coefficient (Wildman–Crippen LogP) is 2.91. The maximum Gasteiger partial charge on any atom is 0.394 e. The van der Waals surface area contributed by atoms with E-state index in [4.69, 9.17) is 9.47 Å². The Morgan fingerprint density at radius 2 is 2.05 bits per heavy atom. The second kappa shape index (κ2) is 12.1. The molecule has 0 aliphatic carbocycles. The Balaban J connectivity index is 1.63. The van der Waals surface area contributed by atoms with Gasteiger partial charge in [-0.1, -0.05) is 12.0 Å². The number of morpholine rings is 1. The van der Waals surface area contributed by atoms with Crippen molar-refractivity contribution < 1.29 is 31.1 Å². The first-order valence-electron chi connectivity index (χ1n) is 12.5. The molecule has 40 heavy (non-hydrogen) atoms. The van der Waals surface area contributed by atoms with Crippen LogP contribution in [0.5, 0.6) is 5.75 Å². The largest absolute Gasteiger partial charge is 0.495 e. The standard InChI is InChI=1S/C27H32F3N5O4S/c1-34(2)15-18-16-39-17-23(32-18)20-7-6-12-35-24(14-27(28,29)30)21(33-26(20)35)8-5-11-31-22-10-9-19(40(4,36)37)13-25(22)38-3/h6-7,9-10,12-13,18,23,31-32H,11,14-17H2,1-4H3/t18-,23-/m1/s1. The van der Waals surface area contributed by atoms with Gasteiger partial charge in [0.2, 0.25) is 0 Å². The molecule has 0 unspecified atom stereocenters. The summed E-state index contributed by atoms with van der Waals surface area (Å²) in [5.74, 6) is 5.93. The average Bonchev–Trinajstić information content (AvgIpc) is 3.21. The molecule has 216 valence electrons. The van der Waals surface area contributed by atoms with Crippen molar-refractivity contribution in [2.45, 2.75) is 29.6 Å². The van der Waals surface area contributed by atoms with Crippen LogP contribution in [0.3, 0.4) is 0 Å². The lowest BCUT2D eigenvalue weighted by molar-refractivity contribution is -0.128. The number of methoxy groups -OCH3 is 1. The van der Waals surface area contributed by atoms with E-state index in [1.165, 1.54) is 23.6 Å². The first-order chi connectivity index (χ1) is 18.9. The minimum Gasteiger partial charge on any atom is -0.495 e. The molecular weight excluding hydrogens is 547 g/mol. The lowest BCUT2D eigenvalue weighted by atomic mass is 10.1. The monoisotopic (exact) mass is 579 g/mol. The minimum absolute atomic E-state index is 0.0348. The van der Waals surface area contributed by atoms with Crippen molar-refractivity contribution in [3.8, 4) is 17.6 Å². The summed E-state index contributed by atoms with van der Waals surface area (Å²) in [6.45, 7) is 1.72. The van der Waals surface area contributed by atoms with Gasteiger partial charge in [-0.05, 0) is 38.2 Å². The molecule has 2 N–H and O–H groups in total. The number of benzene rings is 1. The predicted molar refractivity (Wildman–Crippen MR) is 145 cm³/mol. The summed E-state index contributed by atoms with van der Waals surface area (Å²) in [4.78, 5) is 6.68. The van der Waals surface area contributed by atoms with E-state index in [1.54, 1.807) is 18.3 Å². The second-order valence-corrected chi connectivity index (χ2v) is 11.9. The summed E-state index contributed by atoms with van der Waals surface area (Å²) in [7, 11) is 1.91. The number of rotatable bonds is 8. The van der Waals surface area contributed by atoms with Gasteiger partial charge < -0.3 is 29.4 Å². The Hall–Kier alpha value is -3.31. The van der Waals surface area contributed by atoms with Gasteiger partial charge in [0.05, 0.1) is 55.6 Å². The Morgan fingerprint density at radius 3 is 2.73 bits per heavy atom. The molecule has 0 saturated carbocycles. The summed E-state index contributed by atoms with van der Waals surface area (Å²) < 4.78 is 76.9. The molecule has 0 bridgehead atoms. The quantitative estimate of drug-likeness (QED) is 0.394. The van der Waals surface area contributed by atoms with E-state index in [1.807, 2.05) is 25.1 Å². The molecule has 3 aromatic rings. The van der Waals surface area contributed by atoms with Gasteiger partial charge in [0.1, 0.15) is 17.1 Å². The molecule has 0 amide bonds. The van der Waals surface area contributed by atoms with Gasteiger partial charge in [-0.3, -0.25) is 0 Å². The Kier molecular flexibility index (Phi) is 8.94. The number of imidazole rings is 1. The summed E-state index contributed by atoms with van der Waals surface area (Å²) in [5, 5.41) is 6.54. The normalized spacial score (nSPS) is 18.0. The fraction of sp³-hybridized carbons (Fsp3) is 0.444. The van der Waals surface area contributed by atoms with E-state index >= 15 is 0 Å². The fourth-order valence-electron chi connectivity index (χ4n) is 4.62. The molecule has 1 aromatic carbocycles. The zero-order valence-electron chi connectivity index (χ0n) is 22.7. The van der Waals surface area contributed by atoms with Crippen molar-refractivity contribution in [1.29, 1.82) is 0 Å². The van der Waals surface area contributed by atoms with Crippen molar-refractivity contribution in [3.63, 3.8) is 0 Å². The third kappa shape index (κ3) is 7.25. The van der Waals surface area contributed by atoms with Crippen LogP contribution in [-0.2, 0) is 21.0 Å². The molecule has 2 atom stereocenters. The molecule has 1 saturated heterocycles. The number of hydrogen-bond acceptors (Lipinski definition) is 8. The number of likely N-dealkylation sites (N-methyl/N-ethyl adjacent to an activating group) is 1. The number of pyridine rings is 1. The number of hydrogen-bond donors (Lipinski definition) is 2. The first-order valence-corrected chi connectivity index (χ1v) is 14.4. The van der Waals surface area contributed by atoms with Crippen LogP contribution in [0.4, 0.5) is 18.9 Å². The van der Waals surface area contributed by atoms with Crippen LogP contribution >= 0.6 is 0 Å². The van der Waals surface area contributed by atoms with Crippen LogP contribution in [-0.4, -0.2) is 88.7 Å². The summed E-state index contributed by atoms with van der Waals surface area (Å²) in [6, 6.07) is 7.73. The third-order valence-electron chi connectivity index (χ3n) is 6.32. The number of fused-ring (bicyclic) bond motifs is 1. The number of halogens is 3. The molecule has 2 aromatic heterocycles. The zero-order valence-corrected chi connectivity index (χ0v) is 23.5. The van der Waals surface area contributed by atoms with E-state index in [0.717, 1.165) is 18.4 Å². The van der Waals surface area contributed by atoms with Crippen LogP contribution in [0.1, 0.15) is 23.0 Å². The van der Waals surface area contributed by atoms with Gasteiger partial charge >= 0.3 is 6.18 Å². The topological polar surface area (TPSA) is 97.2 Å². The van der Waals surface area contributed by atoms with Crippen LogP contribution in [0.2, 0.25) is 0 Å². The Morgan fingerprint density at radius 1 is 1.27 bits per heavy atom. The van der Waals surface area contributed by atoms with E-state index < -0.39 is 22.4 Å². The van der Waals surface area contributed by atoms with Gasteiger partial charge in [-0.25, -0.2) is 13.4 Å². The maximum atomic E-state index is 13.6. The van der Waals surface area contributed by atoms with Gasteiger partial charge in [0, 0.05) is 36.7 Å². The maximum absolute atomic E-state index is 13.6. The molecule has 3 heterocycles. The number of nitrogens with zero attached hydrogens (tertiary/aromatic N) is 3. The molecule has 1 fully saturated rings. The summed E-state index contributed by atoms with van der Waals surface area (Å²) in [5.41, 5.74) is 1.61.